The number of nitrogens with one attached hydrogen (secondary N) is 1. The molecule has 1 N–H and O–H groups in total. The first-order chi connectivity index (χ1) is 12.5. The molecule has 1 unspecified atom stereocenters. The first-order valence-electron chi connectivity index (χ1n) is 8.19. The predicted octanol–water partition coefficient (Wildman–Crippen LogP) is 4.03. The van der Waals surface area contributed by atoms with Crippen LogP contribution in [0, 0.1) is 6.92 Å². The van der Waals surface area contributed by atoms with Crippen LogP contribution in [0.5, 0.6) is 0 Å². The highest BCUT2D eigenvalue weighted by atomic mass is 35.5. The quantitative estimate of drug-likeness (QED) is 0.650. The maximum atomic E-state index is 12.4. The van der Waals surface area contributed by atoms with Crippen LogP contribution in [0.3, 0.4) is 0 Å². The first kappa shape index (κ1) is 18.5. The molecule has 0 aliphatic carbocycles. The van der Waals surface area contributed by atoms with E-state index in [9.17, 15) is 4.79 Å². The lowest BCUT2D eigenvalue weighted by Gasteiger charge is -2.13. The minimum Gasteiger partial charge on any atom is -0.351 e. The highest BCUT2D eigenvalue weighted by Crippen LogP contribution is 2.25. The lowest BCUT2D eigenvalue weighted by molar-refractivity contribution is -0.120. The van der Waals surface area contributed by atoms with Gasteiger partial charge in [-0.3, -0.25) is 9.36 Å². The molecule has 1 amide bonds. The number of rotatable bonds is 6. The fourth-order valence-electron chi connectivity index (χ4n) is 2.36. The molecule has 1 aromatic heterocycles. The second-order valence-corrected chi connectivity index (χ2v) is 7.67. The maximum absolute atomic E-state index is 12.4. The summed E-state index contributed by atoms with van der Waals surface area (Å²) in [6, 6.07) is 15.5. The molecule has 0 radical (unpaired) electrons. The fourth-order valence-corrected chi connectivity index (χ4v) is 3.41. The summed E-state index contributed by atoms with van der Waals surface area (Å²) in [4.78, 5) is 12.4. The van der Waals surface area contributed by atoms with E-state index in [0.717, 1.165) is 11.3 Å². The second-order valence-electron chi connectivity index (χ2n) is 5.93. The molecule has 1 atom stereocenters. The Morgan fingerprint density at radius 1 is 1.27 bits per heavy atom. The molecule has 0 fully saturated rings. The van der Waals surface area contributed by atoms with E-state index in [1.165, 1.54) is 17.3 Å². The Hall–Kier alpha value is -2.31. The Balaban J connectivity index is 1.63. The van der Waals surface area contributed by atoms with E-state index in [4.69, 9.17) is 11.6 Å². The van der Waals surface area contributed by atoms with Gasteiger partial charge in [-0.05, 0) is 37.6 Å². The molecule has 1 heterocycles. The molecular formula is C19H19ClN4OS. The normalized spacial score (nSPS) is 12.0. The summed E-state index contributed by atoms with van der Waals surface area (Å²) in [5.41, 5.74) is 3.13. The zero-order valence-corrected chi connectivity index (χ0v) is 16.1. The van der Waals surface area contributed by atoms with Gasteiger partial charge in [-0.25, -0.2) is 0 Å². The highest BCUT2D eigenvalue weighted by Gasteiger charge is 2.18. The fraction of sp³-hybridized carbons (Fsp3) is 0.211. The van der Waals surface area contributed by atoms with E-state index in [-0.39, 0.29) is 11.2 Å². The van der Waals surface area contributed by atoms with Crippen LogP contribution in [0.2, 0.25) is 5.02 Å². The van der Waals surface area contributed by atoms with Gasteiger partial charge in [-0.15, -0.1) is 10.2 Å². The molecule has 0 spiro atoms. The van der Waals surface area contributed by atoms with E-state index in [1.807, 2.05) is 66.9 Å². The zero-order chi connectivity index (χ0) is 18.5. The van der Waals surface area contributed by atoms with E-state index in [2.05, 4.69) is 15.5 Å². The van der Waals surface area contributed by atoms with Gasteiger partial charge in [-0.1, -0.05) is 59.3 Å². The number of amides is 1. The monoisotopic (exact) mass is 386 g/mol. The lowest BCUT2D eigenvalue weighted by Crippen LogP contribution is -2.30. The Morgan fingerprint density at radius 2 is 2.04 bits per heavy atom. The number of halogens is 1. The Morgan fingerprint density at radius 3 is 2.77 bits per heavy atom. The summed E-state index contributed by atoms with van der Waals surface area (Å²) >= 11 is 7.41. The number of nitrogens with zero attached hydrogens (tertiary/aromatic N) is 3. The second kappa shape index (κ2) is 8.38. The van der Waals surface area contributed by atoms with Crippen molar-refractivity contribution in [2.75, 3.05) is 0 Å². The number of hydrogen-bond acceptors (Lipinski definition) is 4. The number of carbonyl (C=O) groups excluding carboxylic acids is 1. The molecule has 2 aromatic carbocycles. The van der Waals surface area contributed by atoms with Crippen molar-refractivity contribution < 1.29 is 4.79 Å². The summed E-state index contributed by atoms with van der Waals surface area (Å²) in [5.74, 6) is -0.0452. The van der Waals surface area contributed by atoms with Crippen LogP contribution in [0.4, 0.5) is 0 Å². The summed E-state index contributed by atoms with van der Waals surface area (Å²) in [5, 5.41) is 12.0. The van der Waals surface area contributed by atoms with Crippen LogP contribution in [0.25, 0.3) is 5.69 Å². The van der Waals surface area contributed by atoms with Crippen LogP contribution in [0.15, 0.2) is 60.0 Å². The molecule has 0 bridgehead atoms. The van der Waals surface area contributed by atoms with Gasteiger partial charge in [0.2, 0.25) is 5.91 Å². The molecule has 3 rings (SSSR count). The average Bonchev–Trinajstić information content (AvgIpc) is 3.09. The summed E-state index contributed by atoms with van der Waals surface area (Å²) < 4.78 is 1.82. The molecule has 0 aliphatic rings. The number of benzene rings is 2. The van der Waals surface area contributed by atoms with Crippen LogP contribution in [0.1, 0.15) is 18.1 Å². The van der Waals surface area contributed by atoms with Crippen LogP contribution >= 0.6 is 23.4 Å². The van der Waals surface area contributed by atoms with Crippen molar-refractivity contribution in [3.8, 4) is 5.69 Å². The number of hydrogen-bond donors (Lipinski definition) is 1. The van der Waals surface area contributed by atoms with Gasteiger partial charge in [0, 0.05) is 11.6 Å². The number of carbonyl (C=O) groups is 1. The van der Waals surface area contributed by atoms with Crippen molar-refractivity contribution in [3.63, 3.8) is 0 Å². The number of aryl methyl sites for hydroxylation is 1. The minimum absolute atomic E-state index is 0.0452. The van der Waals surface area contributed by atoms with Crippen molar-refractivity contribution in [1.29, 1.82) is 0 Å². The van der Waals surface area contributed by atoms with Crippen molar-refractivity contribution in [2.24, 2.45) is 0 Å². The average molecular weight is 387 g/mol. The number of thioether (sulfide) groups is 1. The topological polar surface area (TPSA) is 59.8 Å². The van der Waals surface area contributed by atoms with Crippen LogP contribution < -0.4 is 5.32 Å². The zero-order valence-electron chi connectivity index (χ0n) is 14.5. The molecule has 5 nitrogen and oxygen atoms in total. The minimum atomic E-state index is -0.303. The third-order valence-corrected chi connectivity index (χ3v) is 5.13. The first-order valence-corrected chi connectivity index (χ1v) is 9.44. The van der Waals surface area contributed by atoms with Gasteiger partial charge in [0.1, 0.15) is 6.33 Å². The van der Waals surface area contributed by atoms with Gasteiger partial charge in [-0.2, -0.15) is 0 Å². The summed E-state index contributed by atoms with van der Waals surface area (Å²) in [7, 11) is 0. The molecule has 0 saturated carbocycles. The Kier molecular flexibility index (Phi) is 5.96. The molecule has 0 saturated heterocycles. The van der Waals surface area contributed by atoms with E-state index < -0.39 is 0 Å². The molecule has 26 heavy (non-hydrogen) atoms. The van der Waals surface area contributed by atoms with Crippen molar-refractivity contribution in [2.45, 2.75) is 30.8 Å². The predicted molar refractivity (Wildman–Crippen MR) is 105 cm³/mol. The molecule has 0 aliphatic heterocycles. The van der Waals surface area contributed by atoms with Gasteiger partial charge in [0.15, 0.2) is 5.16 Å². The lowest BCUT2D eigenvalue weighted by atomic mass is 10.1. The van der Waals surface area contributed by atoms with E-state index >= 15 is 0 Å². The molecular weight excluding hydrogens is 368 g/mol. The third kappa shape index (κ3) is 4.65. The van der Waals surface area contributed by atoms with Crippen molar-refractivity contribution in [1.82, 2.24) is 20.1 Å². The van der Waals surface area contributed by atoms with E-state index in [1.54, 1.807) is 6.33 Å². The van der Waals surface area contributed by atoms with E-state index in [0.29, 0.717) is 16.7 Å². The standard InChI is InChI=1S/C19H19ClN4OS/c1-13-6-8-15(9-7-13)11-21-18(25)14(2)26-19-23-22-12-24(19)17-5-3-4-16(20)10-17/h3-10,12,14H,11H2,1-2H3,(H,21,25). The Labute approximate surface area is 161 Å². The third-order valence-electron chi connectivity index (χ3n) is 3.84. The molecule has 3 aromatic rings. The van der Waals surface area contributed by atoms with Crippen molar-refractivity contribution in [3.05, 3.63) is 71.0 Å². The molecule has 7 heteroatoms. The summed E-state index contributed by atoms with van der Waals surface area (Å²) in [6.07, 6.45) is 1.62. The van der Waals surface area contributed by atoms with Gasteiger partial charge >= 0.3 is 0 Å². The largest absolute Gasteiger partial charge is 0.351 e. The van der Waals surface area contributed by atoms with Crippen molar-refractivity contribution >= 4 is 29.3 Å². The SMILES string of the molecule is Cc1ccc(CNC(=O)C(C)Sc2nncn2-c2cccc(Cl)c2)cc1. The van der Waals surface area contributed by atoms with Crippen LogP contribution in [-0.2, 0) is 11.3 Å². The molecule has 134 valence electrons. The van der Waals surface area contributed by atoms with Gasteiger partial charge in [0.05, 0.1) is 10.9 Å². The summed E-state index contributed by atoms with van der Waals surface area (Å²) in [6.45, 7) is 4.40. The van der Waals surface area contributed by atoms with Crippen LogP contribution in [-0.4, -0.2) is 25.9 Å². The van der Waals surface area contributed by atoms with Gasteiger partial charge < -0.3 is 5.32 Å². The maximum Gasteiger partial charge on any atom is 0.233 e. The number of aromatic nitrogens is 3. The van der Waals surface area contributed by atoms with Gasteiger partial charge in [0.25, 0.3) is 0 Å². The highest BCUT2D eigenvalue weighted by molar-refractivity contribution is 8.00. The smallest absolute Gasteiger partial charge is 0.233 e. The Bertz CT molecular complexity index is 895.